The van der Waals surface area contributed by atoms with Gasteiger partial charge < -0.3 is 34.2 Å². The molecule has 0 aromatic heterocycles. The molecule has 0 aliphatic rings. The lowest BCUT2D eigenvalue weighted by atomic mass is 10.0. The summed E-state index contributed by atoms with van der Waals surface area (Å²) in [6.45, 7) is 2.61. The topological polar surface area (TPSA) is 231 Å². The number of phosphoric acid groups is 2. The van der Waals surface area contributed by atoms with Gasteiger partial charge in [-0.2, -0.15) is 0 Å². The van der Waals surface area contributed by atoms with Crippen molar-refractivity contribution in [1.29, 1.82) is 0 Å². The van der Waals surface area contributed by atoms with Crippen molar-refractivity contribution in [3.05, 3.63) is 122 Å². The highest BCUT2D eigenvalue weighted by Gasteiger charge is 2.29. The van der Waals surface area contributed by atoms with Gasteiger partial charge in [-0.3, -0.25) is 32.5 Å². The Balaban J connectivity index is 4.45. The molecule has 0 spiro atoms. The first-order valence-electron chi connectivity index (χ1n) is 45.8. The van der Waals surface area contributed by atoms with Crippen molar-refractivity contribution in [2.24, 2.45) is 0 Å². The van der Waals surface area contributed by atoms with Gasteiger partial charge in [0.2, 0.25) is 0 Å². The molecule has 113 heavy (non-hydrogen) atoms. The number of phosphoric ester groups is 2. The van der Waals surface area contributed by atoms with Gasteiger partial charge in [0, 0.05) is 19.3 Å². The van der Waals surface area contributed by atoms with E-state index >= 15 is 0 Å². The number of hydrogen-bond donors (Lipinski definition) is 4. The summed E-state index contributed by atoms with van der Waals surface area (Å²) in [5.74, 6) is -1.55. The molecule has 0 radical (unpaired) electrons. The third kappa shape index (κ3) is 88.6. The molecule has 654 valence electrons. The Morgan fingerprint density at radius 1 is 0.257 bits per heavy atom. The van der Waals surface area contributed by atoms with Crippen LogP contribution in [0.15, 0.2) is 122 Å². The number of ether oxygens (including phenoxy) is 3. The molecule has 0 fully saturated rings. The van der Waals surface area contributed by atoms with Crippen LogP contribution in [-0.4, -0.2) is 95.9 Å². The first kappa shape index (κ1) is 109. The standard InChI is InChI=1S/C95H168O16P2/c1-4-7-10-13-16-19-22-25-28-30-32-34-36-38-40-42-43-44-45-47-49-50-52-54-56-58-61-63-66-69-72-75-78-81-93(98)105-84-90(96)85-107-112(101,102)108-86-91(97)87-109-113(103,104)110-89-92(111-95(100)83-80-77-74-71-68-65-60-27-24-21-18-15-12-9-6-3)88-106-94(99)82-79-76-73-70-67-64-62-59-57-55-53-51-48-46-41-39-37-35-33-31-29-26-23-20-17-14-11-8-5-2/h7,10,16-17,19-20,25-26,28-29,32-35,38-41,43-44,90-92,96-97H,4-6,8-9,11-15,18,21-24,27,30-31,36-37,42,45-89H2,1-3H3,(H,101,102)(H,103,104)/b10-7-,19-16-,20-17-,28-25-,29-26-,34-32-,35-33-,40-38-,41-39-,44-43-. The predicted octanol–water partition coefficient (Wildman–Crippen LogP) is 28.0. The van der Waals surface area contributed by atoms with Gasteiger partial charge in [0.25, 0.3) is 0 Å². The van der Waals surface area contributed by atoms with Gasteiger partial charge in [-0.15, -0.1) is 0 Å². The van der Waals surface area contributed by atoms with Crippen molar-refractivity contribution >= 4 is 33.6 Å². The maximum atomic E-state index is 13.0. The average Bonchev–Trinajstić information content (AvgIpc) is 0.903. The summed E-state index contributed by atoms with van der Waals surface area (Å²) >= 11 is 0. The van der Waals surface area contributed by atoms with E-state index in [9.17, 15) is 43.5 Å². The SMILES string of the molecule is CC/C=C\C/C=C\C/C=C\C/C=C\C/C=C\C/C=C\CCCCCCCCCCCCCCCCC(=O)OCC(O)COP(=O)(O)OCC(O)COP(=O)(O)OCC(COC(=O)CCCCCCCCCCCCCCC/C=C\C/C=C\C/C=C\C/C=C\CCCCC)OC(=O)CCCCCCCCCCCCCCCCC. The molecule has 0 rings (SSSR count). The minimum Gasteiger partial charge on any atom is -0.463 e. The van der Waals surface area contributed by atoms with Crippen LogP contribution >= 0.6 is 15.6 Å². The number of allylic oxidation sites excluding steroid dienone is 20. The zero-order chi connectivity index (χ0) is 82.2. The highest BCUT2D eigenvalue weighted by molar-refractivity contribution is 7.47. The molecule has 4 N–H and O–H groups in total. The van der Waals surface area contributed by atoms with E-state index in [2.05, 4.69) is 142 Å². The second-order valence-electron chi connectivity index (χ2n) is 30.7. The van der Waals surface area contributed by atoms with Crippen LogP contribution in [0, 0.1) is 0 Å². The van der Waals surface area contributed by atoms with Gasteiger partial charge in [-0.1, -0.05) is 393 Å². The van der Waals surface area contributed by atoms with E-state index in [4.69, 9.17) is 32.3 Å². The Morgan fingerprint density at radius 3 is 0.761 bits per heavy atom. The molecular weight excluding hydrogens is 1460 g/mol. The molecule has 0 aromatic carbocycles. The highest BCUT2D eigenvalue weighted by atomic mass is 31.2. The summed E-state index contributed by atoms with van der Waals surface area (Å²) in [4.78, 5) is 58.9. The number of carbonyl (C=O) groups is 3. The average molecular weight is 1630 g/mol. The quantitative estimate of drug-likeness (QED) is 0.0146. The third-order valence-electron chi connectivity index (χ3n) is 19.7. The number of aliphatic hydroxyl groups excluding tert-OH is 2. The Kier molecular flexibility index (Phi) is 84.1. The van der Waals surface area contributed by atoms with Crippen LogP contribution < -0.4 is 0 Å². The molecule has 0 bridgehead atoms. The fourth-order valence-electron chi connectivity index (χ4n) is 12.7. The van der Waals surface area contributed by atoms with E-state index in [1.807, 2.05) is 0 Å². The number of aliphatic hydroxyl groups is 2. The summed E-state index contributed by atoms with van der Waals surface area (Å²) < 4.78 is 61.4. The van der Waals surface area contributed by atoms with E-state index in [1.165, 1.54) is 212 Å². The van der Waals surface area contributed by atoms with Crippen molar-refractivity contribution in [3.8, 4) is 0 Å². The summed E-state index contributed by atoms with van der Waals surface area (Å²) in [6, 6.07) is 0. The summed E-state index contributed by atoms with van der Waals surface area (Å²) in [7, 11) is -9.79. The molecule has 16 nitrogen and oxygen atoms in total. The molecule has 0 heterocycles. The smallest absolute Gasteiger partial charge is 0.463 e. The van der Waals surface area contributed by atoms with Gasteiger partial charge >= 0.3 is 33.6 Å². The van der Waals surface area contributed by atoms with E-state index in [0.29, 0.717) is 19.3 Å². The molecular formula is C95H168O16P2. The molecule has 0 saturated heterocycles. The molecule has 5 unspecified atom stereocenters. The van der Waals surface area contributed by atoms with Gasteiger partial charge in [0.05, 0.1) is 26.4 Å². The lowest BCUT2D eigenvalue weighted by Gasteiger charge is -2.21. The predicted molar refractivity (Wildman–Crippen MR) is 473 cm³/mol. The van der Waals surface area contributed by atoms with Crippen LogP contribution in [0.2, 0.25) is 0 Å². The van der Waals surface area contributed by atoms with E-state index in [1.54, 1.807) is 0 Å². The Bertz CT molecular complexity index is 2540. The summed E-state index contributed by atoms with van der Waals surface area (Å²) in [6.07, 6.45) is 107. The first-order chi connectivity index (χ1) is 55.2. The van der Waals surface area contributed by atoms with Gasteiger partial charge in [0.15, 0.2) is 6.10 Å². The van der Waals surface area contributed by atoms with Crippen molar-refractivity contribution in [2.45, 2.75) is 424 Å². The number of esters is 3. The van der Waals surface area contributed by atoms with Crippen LogP contribution in [0.1, 0.15) is 406 Å². The van der Waals surface area contributed by atoms with Gasteiger partial charge in [0.1, 0.15) is 25.4 Å². The number of carbonyl (C=O) groups excluding carboxylic acids is 3. The third-order valence-corrected chi connectivity index (χ3v) is 21.6. The molecule has 0 aromatic rings. The van der Waals surface area contributed by atoms with Crippen LogP contribution in [0.3, 0.4) is 0 Å². The second kappa shape index (κ2) is 87.3. The first-order valence-corrected chi connectivity index (χ1v) is 48.8. The van der Waals surface area contributed by atoms with E-state index in [-0.39, 0.29) is 19.3 Å². The highest BCUT2D eigenvalue weighted by Crippen LogP contribution is 2.45. The largest absolute Gasteiger partial charge is 0.472 e. The fraction of sp³-hybridized carbons (Fsp3) is 0.758. The zero-order valence-electron chi connectivity index (χ0n) is 72.0. The molecule has 0 aliphatic carbocycles. The fourth-order valence-corrected chi connectivity index (χ4v) is 14.3. The Morgan fingerprint density at radius 2 is 0.469 bits per heavy atom. The number of unbranched alkanes of at least 4 members (excludes halogenated alkanes) is 44. The van der Waals surface area contributed by atoms with Crippen LogP contribution in [-0.2, 0) is 55.8 Å². The monoisotopic (exact) mass is 1630 g/mol. The van der Waals surface area contributed by atoms with E-state index < -0.39 is 91.5 Å². The molecule has 18 heteroatoms. The summed E-state index contributed by atoms with van der Waals surface area (Å²) in [5, 5.41) is 20.7. The zero-order valence-corrected chi connectivity index (χ0v) is 73.8. The van der Waals surface area contributed by atoms with Crippen LogP contribution in [0.25, 0.3) is 0 Å². The number of hydrogen-bond acceptors (Lipinski definition) is 14. The lowest BCUT2D eigenvalue weighted by molar-refractivity contribution is -0.161. The van der Waals surface area contributed by atoms with Gasteiger partial charge in [-0.05, 0) is 116 Å². The minimum absolute atomic E-state index is 0.109. The van der Waals surface area contributed by atoms with Crippen molar-refractivity contribution in [1.82, 2.24) is 0 Å². The lowest BCUT2D eigenvalue weighted by Crippen LogP contribution is -2.30. The number of rotatable bonds is 87. The van der Waals surface area contributed by atoms with Gasteiger partial charge in [-0.25, -0.2) is 9.13 Å². The maximum absolute atomic E-state index is 13.0. The molecule has 0 aliphatic heterocycles. The van der Waals surface area contributed by atoms with Crippen LogP contribution in [0.4, 0.5) is 0 Å². The minimum atomic E-state index is -4.93. The molecule has 5 atom stereocenters. The van der Waals surface area contributed by atoms with Crippen molar-refractivity contribution < 1.29 is 75.8 Å². The molecule has 0 amide bonds. The summed E-state index contributed by atoms with van der Waals surface area (Å²) in [5.41, 5.74) is 0. The molecule has 0 saturated carbocycles. The Labute approximate surface area is 691 Å². The van der Waals surface area contributed by atoms with Crippen molar-refractivity contribution in [2.75, 3.05) is 39.6 Å². The maximum Gasteiger partial charge on any atom is 0.472 e. The van der Waals surface area contributed by atoms with Crippen molar-refractivity contribution in [3.63, 3.8) is 0 Å². The van der Waals surface area contributed by atoms with Crippen LogP contribution in [0.5, 0.6) is 0 Å². The Hall–Kier alpha value is -4.05. The van der Waals surface area contributed by atoms with E-state index in [0.717, 1.165) is 135 Å². The normalized spacial score (nSPS) is 14.4. The second-order valence-corrected chi connectivity index (χ2v) is 33.6.